The number of carbonyl (C=O) groups excluding carboxylic acids is 1. The first-order valence-corrected chi connectivity index (χ1v) is 19.9. The highest BCUT2D eigenvalue weighted by molar-refractivity contribution is 7.08. The van der Waals surface area contributed by atoms with E-state index < -0.39 is 5.54 Å². The molecular formula is C44H39ClN6O2S. The van der Waals surface area contributed by atoms with Gasteiger partial charge in [0.2, 0.25) is 0 Å². The van der Waals surface area contributed by atoms with Crippen molar-refractivity contribution in [1.82, 2.24) is 24.5 Å². The van der Waals surface area contributed by atoms with Gasteiger partial charge in [-0.3, -0.25) is 4.79 Å². The summed E-state index contributed by atoms with van der Waals surface area (Å²) in [5.41, 5.74) is 5.97. The van der Waals surface area contributed by atoms with Gasteiger partial charge in [0.1, 0.15) is 22.0 Å². The predicted molar refractivity (Wildman–Crippen MR) is 214 cm³/mol. The number of ether oxygens (including phenoxy) is 1. The maximum Gasteiger partial charge on any atom is 0.311 e. The van der Waals surface area contributed by atoms with Gasteiger partial charge in [0.05, 0.1) is 30.0 Å². The molecule has 0 unspecified atom stereocenters. The maximum absolute atomic E-state index is 13.4. The summed E-state index contributed by atoms with van der Waals surface area (Å²) in [5.74, 6) is 1.44. The van der Waals surface area contributed by atoms with E-state index in [9.17, 15) is 4.79 Å². The Bertz CT molecular complexity index is 2300. The second kappa shape index (κ2) is 14.5. The molecule has 3 fully saturated rings. The predicted octanol–water partition coefficient (Wildman–Crippen LogP) is 9.89. The number of aromatic nitrogens is 5. The summed E-state index contributed by atoms with van der Waals surface area (Å²) in [6.07, 6.45) is 7.93. The first kappa shape index (κ1) is 34.4. The molecule has 3 saturated carbocycles. The number of rotatable bonds is 10. The number of nitrogens with zero attached hydrogens (tertiary/aromatic N) is 5. The smallest absolute Gasteiger partial charge is 0.311 e. The van der Waals surface area contributed by atoms with Crippen molar-refractivity contribution in [2.24, 2.45) is 17.8 Å². The van der Waals surface area contributed by atoms with Crippen LogP contribution in [-0.4, -0.2) is 43.1 Å². The molecule has 270 valence electrons. The molecule has 7 aromatic rings. The van der Waals surface area contributed by atoms with E-state index in [1.54, 1.807) is 17.5 Å². The van der Waals surface area contributed by atoms with Crippen LogP contribution in [0.3, 0.4) is 0 Å². The van der Waals surface area contributed by atoms with Gasteiger partial charge in [-0.05, 0) is 72.6 Å². The molecule has 8 nitrogen and oxygen atoms in total. The number of anilines is 1. The Morgan fingerprint density at radius 1 is 0.870 bits per heavy atom. The van der Waals surface area contributed by atoms with Crippen LogP contribution in [0.5, 0.6) is 0 Å². The molecule has 4 heterocycles. The third kappa shape index (κ3) is 5.96. The van der Waals surface area contributed by atoms with Gasteiger partial charge in [-0.2, -0.15) is 11.3 Å². The minimum atomic E-state index is -0.858. The maximum atomic E-state index is 13.4. The number of carbonyl (C=O) groups is 1. The highest BCUT2D eigenvalue weighted by Gasteiger charge is 2.48. The molecule has 54 heavy (non-hydrogen) atoms. The summed E-state index contributed by atoms with van der Waals surface area (Å²) in [4.78, 5) is 33.8. The zero-order chi connectivity index (χ0) is 36.6. The summed E-state index contributed by atoms with van der Waals surface area (Å²) in [6.45, 7) is 2.24. The SMILES string of the molecule is CCOC(=O)[C@H]1C2CCC(CC2)[C@@H]1Nc1cc(-c2ccsc2)nc(-c2cn(C(c3ccccc3)(c3ccccc3)c3ccccc3)c3ncc(Cl)nc23)n1. The Morgan fingerprint density at radius 3 is 2.09 bits per heavy atom. The molecule has 2 bridgehead atoms. The van der Waals surface area contributed by atoms with Gasteiger partial charge >= 0.3 is 5.97 Å². The molecule has 4 aromatic heterocycles. The Kier molecular flexibility index (Phi) is 9.21. The van der Waals surface area contributed by atoms with Crippen LogP contribution in [0.25, 0.3) is 33.8 Å². The van der Waals surface area contributed by atoms with Gasteiger partial charge in [0, 0.05) is 29.2 Å². The number of hydrogen-bond acceptors (Lipinski definition) is 8. The van der Waals surface area contributed by atoms with E-state index in [2.05, 4.69) is 100 Å². The number of thiophene rings is 1. The molecule has 3 aliphatic rings. The number of esters is 1. The van der Waals surface area contributed by atoms with Crippen LogP contribution in [0.4, 0.5) is 5.82 Å². The lowest BCUT2D eigenvalue weighted by atomic mass is 9.61. The zero-order valence-corrected chi connectivity index (χ0v) is 31.4. The van der Waals surface area contributed by atoms with Crippen LogP contribution < -0.4 is 5.32 Å². The zero-order valence-electron chi connectivity index (χ0n) is 29.8. The molecule has 3 aliphatic carbocycles. The van der Waals surface area contributed by atoms with Gasteiger partial charge in [-0.1, -0.05) is 103 Å². The van der Waals surface area contributed by atoms with E-state index in [4.69, 9.17) is 36.3 Å². The van der Waals surface area contributed by atoms with Crippen molar-refractivity contribution in [3.8, 4) is 22.6 Å². The first-order valence-electron chi connectivity index (χ1n) is 18.6. The second-order valence-corrected chi connectivity index (χ2v) is 15.4. The Morgan fingerprint density at radius 2 is 1.50 bits per heavy atom. The number of fused-ring (bicyclic) bond motifs is 4. The molecule has 0 saturated heterocycles. The lowest BCUT2D eigenvalue weighted by molar-refractivity contribution is -0.154. The van der Waals surface area contributed by atoms with Gasteiger partial charge in [-0.15, -0.1) is 0 Å². The van der Waals surface area contributed by atoms with Crippen molar-refractivity contribution >= 4 is 45.9 Å². The Labute approximate surface area is 323 Å². The summed E-state index contributed by atoms with van der Waals surface area (Å²) in [7, 11) is 0. The number of hydrogen-bond donors (Lipinski definition) is 1. The van der Waals surface area contributed by atoms with Gasteiger partial charge in [0.25, 0.3) is 0 Å². The van der Waals surface area contributed by atoms with Crippen molar-refractivity contribution < 1.29 is 9.53 Å². The van der Waals surface area contributed by atoms with Crippen LogP contribution in [0.15, 0.2) is 126 Å². The lowest BCUT2D eigenvalue weighted by Crippen LogP contribution is -2.52. The molecule has 2 atom stereocenters. The molecule has 10 heteroatoms. The first-order chi connectivity index (χ1) is 26.5. The van der Waals surface area contributed by atoms with Crippen molar-refractivity contribution in [3.05, 3.63) is 148 Å². The largest absolute Gasteiger partial charge is 0.466 e. The number of benzene rings is 3. The van der Waals surface area contributed by atoms with Crippen molar-refractivity contribution in [2.75, 3.05) is 11.9 Å². The molecule has 0 amide bonds. The minimum Gasteiger partial charge on any atom is -0.466 e. The van der Waals surface area contributed by atoms with E-state index in [1.807, 2.05) is 36.6 Å². The van der Waals surface area contributed by atoms with E-state index in [1.165, 1.54) is 0 Å². The van der Waals surface area contributed by atoms with Crippen LogP contribution in [0, 0.1) is 17.8 Å². The fourth-order valence-corrected chi connectivity index (χ4v) is 9.73. The third-order valence-corrected chi connectivity index (χ3v) is 12.1. The lowest BCUT2D eigenvalue weighted by Gasteiger charge is -2.47. The average Bonchev–Trinajstić information content (AvgIpc) is 3.90. The van der Waals surface area contributed by atoms with Crippen LogP contribution in [0.1, 0.15) is 49.3 Å². The van der Waals surface area contributed by atoms with Gasteiger partial charge < -0.3 is 14.6 Å². The fraction of sp³-hybridized carbons (Fsp3) is 0.250. The fourth-order valence-electron chi connectivity index (χ4n) is 8.95. The molecule has 0 spiro atoms. The normalized spacial score (nSPS) is 19.5. The van der Waals surface area contributed by atoms with E-state index in [0.29, 0.717) is 46.8 Å². The molecule has 1 N–H and O–H groups in total. The van der Waals surface area contributed by atoms with Crippen LogP contribution in [0.2, 0.25) is 5.15 Å². The van der Waals surface area contributed by atoms with E-state index in [-0.39, 0.29) is 23.1 Å². The standard InChI is InChI=1S/C44H39ClN6O2S/c1-2-53-43(52)38-28-18-20-29(21-19-28)39(38)49-37-24-35(30-22-23-54-27-30)47-41(50-37)34-26-51(42-40(34)48-36(45)25-46-42)44(31-12-6-3-7-13-31,32-14-8-4-9-15-32)33-16-10-5-11-17-33/h3-17,22-29,38-39H,2,18-21H2,1H3,(H,47,49,50)/t28?,29?,38-,39-/m0/s1. The highest BCUT2D eigenvalue weighted by atomic mass is 35.5. The highest BCUT2D eigenvalue weighted by Crippen LogP contribution is 2.48. The summed E-state index contributed by atoms with van der Waals surface area (Å²) < 4.78 is 7.84. The van der Waals surface area contributed by atoms with Crippen LogP contribution in [-0.2, 0) is 15.1 Å². The molecule has 0 aliphatic heterocycles. The summed E-state index contributed by atoms with van der Waals surface area (Å²) >= 11 is 8.27. The monoisotopic (exact) mass is 750 g/mol. The Hall–Kier alpha value is -5.38. The quantitative estimate of drug-likeness (QED) is 0.110. The van der Waals surface area contributed by atoms with Gasteiger partial charge in [0.15, 0.2) is 11.5 Å². The summed E-state index contributed by atoms with van der Waals surface area (Å²) in [6, 6.07) is 35.4. The minimum absolute atomic E-state index is 0.0907. The number of halogens is 1. The molecular weight excluding hydrogens is 712 g/mol. The van der Waals surface area contributed by atoms with Crippen molar-refractivity contribution in [2.45, 2.75) is 44.2 Å². The topological polar surface area (TPSA) is 94.8 Å². The van der Waals surface area contributed by atoms with Crippen molar-refractivity contribution in [3.63, 3.8) is 0 Å². The third-order valence-electron chi connectivity index (χ3n) is 11.3. The molecule has 0 radical (unpaired) electrons. The average molecular weight is 751 g/mol. The van der Waals surface area contributed by atoms with Crippen LogP contribution >= 0.6 is 22.9 Å². The molecule has 10 rings (SSSR count). The molecule has 3 aromatic carbocycles. The van der Waals surface area contributed by atoms with Crippen molar-refractivity contribution in [1.29, 1.82) is 0 Å². The van der Waals surface area contributed by atoms with Gasteiger partial charge in [-0.25, -0.2) is 19.9 Å². The van der Waals surface area contributed by atoms with E-state index in [0.717, 1.165) is 53.6 Å². The number of nitrogens with one attached hydrogen (secondary N) is 1. The van der Waals surface area contributed by atoms with E-state index >= 15 is 0 Å². The Balaban J connectivity index is 1.28. The summed E-state index contributed by atoms with van der Waals surface area (Å²) in [5, 5.41) is 8.18. The second-order valence-electron chi connectivity index (χ2n) is 14.2.